The number of carbonyl (C=O) groups excluding carboxylic acids is 2. The van der Waals surface area contributed by atoms with Gasteiger partial charge < -0.3 is 10.6 Å². The molecule has 0 unspecified atom stereocenters. The Bertz CT molecular complexity index is 1120. The van der Waals surface area contributed by atoms with Gasteiger partial charge in [-0.15, -0.1) is 0 Å². The van der Waals surface area contributed by atoms with Gasteiger partial charge in [0.1, 0.15) is 5.82 Å². The van der Waals surface area contributed by atoms with Crippen LogP contribution in [-0.2, 0) is 4.79 Å². The number of nitrogens with one attached hydrogen (secondary N) is 3. The van der Waals surface area contributed by atoms with Crippen LogP contribution in [-0.4, -0.2) is 33.5 Å². The van der Waals surface area contributed by atoms with Crippen molar-refractivity contribution in [2.24, 2.45) is 0 Å². The third-order valence-electron chi connectivity index (χ3n) is 4.27. The number of amides is 2. The van der Waals surface area contributed by atoms with E-state index < -0.39 is 0 Å². The van der Waals surface area contributed by atoms with Crippen molar-refractivity contribution in [3.8, 4) is 11.1 Å². The summed E-state index contributed by atoms with van der Waals surface area (Å²) in [4.78, 5) is 28.4. The second-order valence-electron chi connectivity index (χ2n) is 6.22. The summed E-state index contributed by atoms with van der Waals surface area (Å²) in [7, 11) is 0. The number of fused-ring (bicyclic) bond motifs is 1. The van der Waals surface area contributed by atoms with Gasteiger partial charge in [0.05, 0.1) is 12.7 Å². The Morgan fingerprint density at radius 3 is 2.57 bits per heavy atom. The fourth-order valence-corrected chi connectivity index (χ4v) is 2.84. The van der Waals surface area contributed by atoms with Gasteiger partial charge in [-0.05, 0) is 35.2 Å². The fourth-order valence-electron chi connectivity index (χ4n) is 2.84. The third kappa shape index (κ3) is 3.88. The van der Waals surface area contributed by atoms with Gasteiger partial charge in [0.25, 0.3) is 5.91 Å². The predicted molar refractivity (Wildman–Crippen MR) is 107 cm³/mol. The van der Waals surface area contributed by atoms with E-state index in [1.807, 2.05) is 30.5 Å². The minimum atomic E-state index is -0.345. The first-order valence-electron chi connectivity index (χ1n) is 8.71. The van der Waals surface area contributed by atoms with E-state index in [1.165, 1.54) is 0 Å². The number of aromatic amines is 1. The molecule has 0 fully saturated rings. The van der Waals surface area contributed by atoms with Crippen molar-refractivity contribution in [1.82, 2.24) is 20.5 Å². The molecule has 7 heteroatoms. The summed E-state index contributed by atoms with van der Waals surface area (Å²) in [5.74, 6) is -0.218. The molecule has 0 atom stereocenters. The van der Waals surface area contributed by atoms with E-state index in [0.29, 0.717) is 11.4 Å². The number of aromatic nitrogens is 3. The molecule has 2 heterocycles. The zero-order valence-electron chi connectivity index (χ0n) is 14.8. The number of anilines is 1. The topological polar surface area (TPSA) is 99.8 Å². The molecular weight excluding hydrogens is 354 g/mol. The second kappa shape index (κ2) is 7.71. The number of carbonyl (C=O) groups is 2. The number of hydrogen-bond acceptors (Lipinski definition) is 4. The number of nitrogens with zero attached hydrogens (tertiary/aromatic N) is 2. The molecule has 0 bridgehead atoms. The summed E-state index contributed by atoms with van der Waals surface area (Å²) >= 11 is 0. The molecule has 0 aliphatic rings. The highest BCUT2D eigenvalue weighted by molar-refractivity contribution is 5.99. The lowest BCUT2D eigenvalue weighted by Crippen LogP contribution is -2.33. The predicted octanol–water partition coefficient (Wildman–Crippen LogP) is 2.99. The summed E-state index contributed by atoms with van der Waals surface area (Å²) < 4.78 is 0. The van der Waals surface area contributed by atoms with Gasteiger partial charge in [0.2, 0.25) is 5.91 Å². The van der Waals surface area contributed by atoms with E-state index in [4.69, 9.17) is 0 Å². The maximum Gasteiger partial charge on any atom is 0.251 e. The van der Waals surface area contributed by atoms with Crippen LogP contribution in [0.3, 0.4) is 0 Å². The summed E-state index contributed by atoms with van der Waals surface area (Å²) in [5.41, 5.74) is 2.50. The monoisotopic (exact) mass is 371 g/mol. The number of rotatable bonds is 5. The maximum atomic E-state index is 12.2. The zero-order valence-corrected chi connectivity index (χ0v) is 14.8. The Hall–Kier alpha value is -4.00. The Balaban J connectivity index is 1.43. The average molecular weight is 371 g/mol. The quantitative estimate of drug-likeness (QED) is 0.502. The minimum Gasteiger partial charge on any atom is -0.343 e. The van der Waals surface area contributed by atoms with Gasteiger partial charge in [-0.25, -0.2) is 4.98 Å². The Morgan fingerprint density at radius 2 is 1.79 bits per heavy atom. The van der Waals surface area contributed by atoms with Gasteiger partial charge in [0.15, 0.2) is 0 Å². The number of benzene rings is 2. The molecular formula is C21H17N5O2. The molecule has 4 aromatic rings. The lowest BCUT2D eigenvalue weighted by atomic mass is 10.1. The molecule has 0 radical (unpaired) electrons. The summed E-state index contributed by atoms with van der Waals surface area (Å²) in [6.07, 6.45) is 5.27. The van der Waals surface area contributed by atoms with Crippen molar-refractivity contribution in [3.63, 3.8) is 0 Å². The highest BCUT2D eigenvalue weighted by atomic mass is 16.2. The number of H-pyrrole nitrogens is 1. The van der Waals surface area contributed by atoms with E-state index in [1.54, 1.807) is 42.7 Å². The van der Waals surface area contributed by atoms with Crippen molar-refractivity contribution in [1.29, 1.82) is 0 Å². The Kier molecular flexibility index (Phi) is 4.79. The lowest BCUT2D eigenvalue weighted by Gasteiger charge is -2.08. The van der Waals surface area contributed by atoms with Crippen LogP contribution in [0.2, 0.25) is 0 Å². The van der Waals surface area contributed by atoms with Crippen LogP contribution in [0.15, 0.2) is 73.2 Å². The minimum absolute atomic E-state index is 0.136. The number of pyridine rings is 1. The van der Waals surface area contributed by atoms with Crippen LogP contribution in [0.4, 0.5) is 5.82 Å². The van der Waals surface area contributed by atoms with E-state index in [2.05, 4.69) is 25.8 Å². The summed E-state index contributed by atoms with van der Waals surface area (Å²) in [6.45, 7) is -0.136. The van der Waals surface area contributed by atoms with Crippen LogP contribution in [0.5, 0.6) is 0 Å². The van der Waals surface area contributed by atoms with Crippen LogP contribution < -0.4 is 10.6 Å². The second-order valence-corrected chi connectivity index (χ2v) is 6.22. The molecule has 2 aromatic heterocycles. The van der Waals surface area contributed by atoms with Crippen molar-refractivity contribution < 1.29 is 9.59 Å². The molecule has 2 amide bonds. The van der Waals surface area contributed by atoms with Gasteiger partial charge in [-0.2, -0.15) is 5.10 Å². The fraction of sp³-hybridized carbons (Fsp3) is 0.0476. The van der Waals surface area contributed by atoms with Crippen LogP contribution >= 0.6 is 0 Å². The smallest absolute Gasteiger partial charge is 0.251 e. The molecule has 28 heavy (non-hydrogen) atoms. The summed E-state index contributed by atoms with van der Waals surface area (Å²) in [6, 6.07) is 16.5. The highest BCUT2D eigenvalue weighted by Gasteiger charge is 2.09. The maximum absolute atomic E-state index is 12.2. The Morgan fingerprint density at radius 1 is 0.929 bits per heavy atom. The Labute approximate surface area is 160 Å². The van der Waals surface area contributed by atoms with Gasteiger partial charge >= 0.3 is 0 Å². The molecule has 138 valence electrons. The molecule has 0 aliphatic carbocycles. The van der Waals surface area contributed by atoms with Crippen molar-refractivity contribution in [2.45, 2.75) is 0 Å². The zero-order chi connectivity index (χ0) is 19.3. The molecule has 3 N–H and O–H groups in total. The molecule has 0 saturated carbocycles. The molecule has 0 saturated heterocycles. The normalized spacial score (nSPS) is 10.6. The van der Waals surface area contributed by atoms with Crippen molar-refractivity contribution >= 4 is 28.4 Å². The first-order chi connectivity index (χ1) is 13.7. The first-order valence-corrected chi connectivity index (χ1v) is 8.71. The standard InChI is InChI=1S/C21H17N5O2/c27-20(13-23-21(28)14-4-2-1-3-5-14)26-19-9-17-8-15(18-11-24-25-12-18)6-7-16(17)10-22-19/h1-12H,13H2,(H,23,28)(H,24,25)(H,22,26,27). The molecule has 2 aromatic carbocycles. The third-order valence-corrected chi connectivity index (χ3v) is 4.27. The first kappa shape index (κ1) is 17.4. The largest absolute Gasteiger partial charge is 0.343 e. The van der Waals surface area contributed by atoms with E-state index in [0.717, 1.165) is 21.9 Å². The van der Waals surface area contributed by atoms with E-state index in [-0.39, 0.29) is 18.4 Å². The lowest BCUT2D eigenvalue weighted by molar-refractivity contribution is -0.115. The van der Waals surface area contributed by atoms with E-state index in [9.17, 15) is 9.59 Å². The van der Waals surface area contributed by atoms with Crippen LogP contribution in [0.25, 0.3) is 21.9 Å². The van der Waals surface area contributed by atoms with Crippen LogP contribution in [0.1, 0.15) is 10.4 Å². The molecule has 0 spiro atoms. The molecule has 0 aliphatic heterocycles. The highest BCUT2D eigenvalue weighted by Crippen LogP contribution is 2.24. The van der Waals surface area contributed by atoms with E-state index >= 15 is 0 Å². The van der Waals surface area contributed by atoms with Gasteiger partial charge in [0, 0.05) is 28.9 Å². The number of hydrogen-bond donors (Lipinski definition) is 3. The summed E-state index contributed by atoms with van der Waals surface area (Å²) in [5, 5.41) is 14.0. The molecule has 7 nitrogen and oxygen atoms in total. The SMILES string of the molecule is O=C(CNC(=O)c1ccccc1)Nc1cc2cc(-c3cn[nH]c3)ccc2cn1. The van der Waals surface area contributed by atoms with Crippen LogP contribution in [0, 0.1) is 0 Å². The van der Waals surface area contributed by atoms with Crippen molar-refractivity contribution in [2.75, 3.05) is 11.9 Å². The van der Waals surface area contributed by atoms with Crippen molar-refractivity contribution in [3.05, 3.63) is 78.8 Å². The van der Waals surface area contributed by atoms with Gasteiger partial charge in [-0.3, -0.25) is 14.7 Å². The van der Waals surface area contributed by atoms with Gasteiger partial charge in [-0.1, -0.05) is 30.3 Å². The average Bonchev–Trinajstić information content (AvgIpc) is 3.27. The molecule has 4 rings (SSSR count).